The Labute approximate surface area is 77.8 Å². The molecule has 1 aromatic heterocycles. The van der Waals surface area contributed by atoms with Crippen LogP contribution in [0.2, 0.25) is 0 Å². The molecular weight excluding hydrogens is 166 g/mol. The number of imidazole rings is 1. The van der Waals surface area contributed by atoms with Crippen LogP contribution in [0.3, 0.4) is 0 Å². The van der Waals surface area contributed by atoms with Gasteiger partial charge in [0.05, 0.1) is 6.33 Å². The van der Waals surface area contributed by atoms with E-state index in [1.54, 1.807) is 6.33 Å². The lowest BCUT2D eigenvalue weighted by Crippen LogP contribution is -2.20. The van der Waals surface area contributed by atoms with Crippen molar-refractivity contribution in [3.05, 3.63) is 18.2 Å². The van der Waals surface area contributed by atoms with Crippen LogP contribution in [0, 0.1) is 0 Å². The molecule has 0 bridgehead atoms. The first-order valence-corrected chi connectivity index (χ1v) is 4.50. The zero-order valence-corrected chi connectivity index (χ0v) is 7.84. The summed E-state index contributed by atoms with van der Waals surface area (Å²) in [5.74, 6) is 0.0431. The quantitative estimate of drug-likeness (QED) is 0.662. The molecule has 0 aliphatic carbocycles. The summed E-state index contributed by atoms with van der Waals surface area (Å²) < 4.78 is 0. The van der Waals surface area contributed by atoms with E-state index in [-0.39, 0.29) is 5.91 Å². The number of hydrogen-bond donors (Lipinski definition) is 2. The highest BCUT2D eigenvalue weighted by molar-refractivity contribution is 5.72. The van der Waals surface area contributed by atoms with Gasteiger partial charge in [0, 0.05) is 25.4 Å². The molecule has 0 spiro atoms. The molecule has 2 N–H and O–H groups in total. The zero-order chi connectivity index (χ0) is 9.52. The van der Waals surface area contributed by atoms with E-state index in [4.69, 9.17) is 0 Å². The average Bonchev–Trinajstić information content (AvgIpc) is 2.55. The lowest BCUT2D eigenvalue weighted by atomic mass is 10.2. The number of amides is 1. The number of hydrogen-bond acceptors (Lipinski definition) is 2. The fourth-order valence-corrected chi connectivity index (χ4v) is 1.13. The van der Waals surface area contributed by atoms with E-state index in [0.29, 0.717) is 0 Å². The molecule has 0 aliphatic rings. The largest absolute Gasteiger partial charge is 0.356 e. The van der Waals surface area contributed by atoms with Crippen LogP contribution in [0.4, 0.5) is 0 Å². The number of nitrogens with zero attached hydrogens (tertiary/aromatic N) is 1. The number of carbonyl (C=O) groups is 1. The lowest BCUT2D eigenvalue weighted by Gasteiger charge is -2.00. The first-order chi connectivity index (χ1) is 6.29. The van der Waals surface area contributed by atoms with Crippen molar-refractivity contribution in [1.82, 2.24) is 15.3 Å². The van der Waals surface area contributed by atoms with E-state index in [0.717, 1.165) is 31.5 Å². The normalized spacial score (nSPS) is 9.92. The van der Waals surface area contributed by atoms with E-state index in [1.165, 1.54) is 6.92 Å². The van der Waals surface area contributed by atoms with Gasteiger partial charge in [-0.2, -0.15) is 0 Å². The van der Waals surface area contributed by atoms with Crippen molar-refractivity contribution in [2.75, 3.05) is 6.54 Å². The third kappa shape index (κ3) is 4.30. The minimum atomic E-state index is 0.0431. The topological polar surface area (TPSA) is 57.8 Å². The average molecular weight is 181 g/mol. The molecule has 4 heteroatoms. The van der Waals surface area contributed by atoms with E-state index in [1.807, 2.05) is 6.20 Å². The Morgan fingerprint density at radius 2 is 2.46 bits per heavy atom. The van der Waals surface area contributed by atoms with Crippen LogP contribution < -0.4 is 5.32 Å². The minimum Gasteiger partial charge on any atom is -0.356 e. The Morgan fingerprint density at radius 3 is 3.08 bits per heavy atom. The van der Waals surface area contributed by atoms with E-state index in [9.17, 15) is 4.79 Å². The van der Waals surface area contributed by atoms with Gasteiger partial charge in [-0.25, -0.2) is 4.98 Å². The van der Waals surface area contributed by atoms with Gasteiger partial charge in [0.15, 0.2) is 0 Å². The summed E-state index contributed by atoms with van der Waals surface area (Å²) in [5, 5.41) is 2.76. The first kappa shape index (κ1) is 9.77. The van der Waals surface area contributed by atoms with Crippen molar-refractivity contribution < 1.29 is 4.79 Å². The number of H-pyrrole nitrogens is 1. The Bertz CT molecular complexity index is 243. The SMILES string of the molecule is CC(=O)NCCCCc1cnc[nH]1. The van der Waals surface area contributed by atoms with E-state index in [2.05, 4.69) is 15.3 Å². The molecule has 0 saturated carbocycles. The summed E-state index contributed by atoms with van der Waals surface area (Å²) in [5.41, 5.74) is 1.16. The van der Waals surface area contributed by atoms with E-state index < -0.39 is 0 Å². The first-order valence-electron chi connectivity index (χ1n) is 4.50. The van der Waals surface area contributed by atoms with Gasteiger partial charge in [-0.15, -0.1) is 0 Å². The summed E-state index contributed by atoms with van der Waals surface area (Å²) in [7, 11) is 0. The molecule has 1 heterocycles. The minimum absolute atomic E-state index is 0.0431. The molecule has 13 heavy (non-hydrogen) atoms. The molecule has 4 nitrogen and oxygen atoms in total. The molecule has 72 valence electrons. The van der Waals surface area contributed by atoms with Crippen molar-refractivity contribution in [2.24, 2.45) is 0 Å². The summed E-state index contributed by atoms with van der Waals surface area (Å²) in [4.78, 5) is 17.5. The number of rotatable bonds is 5. The number of aromatic amines is 1. The van der Waals surface area contributed by atoms with Crippen LogP contribution in [0.1, 0.15) is 25.5 Å². The maximum atomic E-state index is 10.5. The monoisotopic (exact) mass is 181 g/mol. The Balaban J connectivity index is 1.99. The van der Waals surface area contributed by atoms with Crippen LogP contribution in [0.25, 0.3) is 0 Å². The number of unbranched alkanes of at least 4 members (excludes halogenated alkanes) is 1. The molecule has 1 aromatic rings. The standard InChI is InChI=1S/C9H15N3O/c1-8(13)11-5-3-2-4-9-6-10-7-12-9/h6-7H,2-5H2,1H3,(H,10,12)(H,11,13). The fraction of sp³-hybridized carbons (Fsp3) is 0.556. The van der Waals surface area contributed by atoms with Crippen molar-refractivity contribution in [3.8, 4) is 0 Å². The van der Waals surface area contributed by atoms with Gasteiger partial charge in [0.1, 0.15) is 0 Å². The highest BCUT2D eigenvalue weighted by atomic mass is 16.1. The molecule has 0 radical (unpaired) electrons. The van der Waals surface area contributed by atoms with Crippen LogP contribution in [-0.2, 0) is 11.2 Å². The van der Waals surface area contributed by atoms with Gasteiger partial charge in [0.2, 0.25) is 5.91 Å². The summed E-state index contributed by atoms with van der Waals surface area (Å²) in [6.07, 6.45) is 6.60. The van der Waals surface area contributed by atoms with Gasteiger partial charge in [0.25, 0.3) is 0 Å². The lowest BCUT2D eigenvalue weighted by molar-refractivity contribution is -0.118. The highest BCUT2D eigenvalue weighted by Gasteiger charge is 1.94. The van der Waals surface area contributed by atoms with Gasteiger partial charge in [-0.05, 0) is 19.3 Å². The third-order valence-electron chi connectivity index (χ3n) is 1.80. The fourth-order valence-electron chi connectivity index (χ4n) is 1.13. The van der Waals surface area contributed by atoms with Gasteiger partial charge < -0.3 is 10.3 Å². The van der Waals surface area contributed by atoms with Crippen LogP contribution in [0.15, 0.2) is 12.5 Å². The Morgan fingerprint density at radius 1 is 1.62 bits per heavy atom. The van der Waals surface area contributed by atoms with Crippen molar-refractivity contribution in [2.45, 2.75) is 26.2 Å². The van der Waals surface area contributed by atoms with Crippen molar-refractivity contribution in [3.63, 3.8) is 0 Å². The van der Waals surface area contributed by atoms with Gasteiger partial charge in [-0.1, -0.05) is 0 Å². The molecular formula is C9H15N3O. The maximum Gasteiger partial charge on any atom is 0.216 e. The number of carbonyl (C=O) groups excluding carboxylic acids is 1. The summed E-state index contributed by atoms with van der Waals surface area (Å²) in [6, 6.07) is 0. The molecule has 0 aliphatic heterocycles. The Hall–Kier alpha value is -1.32. The second-order valence-corrected chi connectivity index (χ2v) is 3.02. The van der Waals surface area contributed by atoms with Gasteiger partial charge in [-0.3, -0.25) is 4.79 Å². The number of aromatic nitrogens is 2. The smallest absolute Gasteiger partial charge is 0.216 e. The highest BCUT2D eigenvalue weighted by Crippen LogP contribution is 1.98. The molecule has 0 atom stereocenters. The summed E-state index contributed by atoms with van der Waals surface area (Å²) >= 11 is 0. The number of aryl methyl sites for hydroxylation is 1. The second kappa shape index (κ2) is 5.35. The summed E-state index contributed by atoms with van der Waals surface area (Å²) in [6.45, 7) is 2.30. The van der Waals surface area contributed by atoms with Crippen LogP contribution in [0.5, 0.6) is 0 Å². The molecule has 0 fully saturated rings. The number of nitrogens with one attached hydrogen (secondary N) is 2. The Kier molecular flexibility index (Phi) is 4.02. The van der Waals surface area contributed by atoms with E-state index >= 15 is 0 Å². The molecule has 1 rings (SSSR count). The zero-order valence-electron chi connectivity index (χ0n) is 7.84. The molecule has 1 amide bonds. The van der Waals surface area contributed by atoms with Crippen LogP contribution in [-0.4, -0.2) is 22.4 Å². The third-order valence-corrected chi connectivity index (χ3v) is 1.80. The van der Waals surface area contributed by atoms with Crippen molar-refractivity contribution >= 4 is 5.91 Å². The second-order valence-electron chi connectivity index (χ2n) is 3.02. The molecule has 0 saturated heterocycles. The maximum absolute atomic E-state index is 10.5. The van der Waals surface area contributed by atoms with Crippen molar-refractivity contribution in [1.29, 1.82) is 0 Å². The molecule has 0 aromatic carbocycles. The van der Waals surface area contributed by atoms with Gasteiger partial charge >= 0.3 is 0 Å². The predicted octanol–water partition coefficient (Wildman–Crippen LogP) is 0.868. The molecule has 0 unspecified atom stereocenters. The van der Waals surface area contributed by atoms with Crippen LogP contribution >= 0.6 is 0 Å². The predicted molar refractivity (Wildman–Crippen MR) is 50.2 cm³/mol.